The molecule has 2 unspecified atom stereocenters. The van der Waals surface area contributed by atoms with Crippen molar-refractivity contribution >= 4 is 0 Å². The first-order valence-corrected chi connectivity index (χ1v) is 13.1. The summed E-state index contributed by atoms with van der Waals surface area (Å²) in [5, 5.41) is 10.6. The van der Waals surface area contributed by atoms with Gasteiger partial charge in [-0.1, -0.05) is 91.0 Å². The predicted molar refractivity (Wildman–Crippen MR) is 141 cm³/mol. The molecule has 0 aliphatic carbocycles. The quantitative estimate of drug-likeness (QED) is 0.305. The monoisotopic (exact) mass is 544 g/mol. The van der Waals surface area contributed by atoms with Crippen LogP contribution in [0.1, 0.15) is 48.8 Å². The lowest BCUT2D eigenvalue weighted by atomic mass is 9.67. The van der Waals surface area contributed by atoms with Gasteiger partial charge in [0.25, 0.3) is 0 Å². The lowest BCUT2D eigenvalue weighted by Crippen LogP contribution is -3.00. The number of halogens is 1. The van der Waals surface area contributed by atoms with Crippen molar-refractivity contribution in [2.75, 3.05) is 20.2 Å². The molecule has 2 bridgehead atoms. The van der Waals surface area contributed by atoms with E-state index in [1.165, 1.54) is 31.2 Å². The molecule has 0 radical (unpaired) electrons. The van der Waals surface area contributed by atoms with Gasteiger partial charge in [-0.3, -0.25) is 0 Å². The second kappa shape index (κ2) is 11.7. The van der Waals surface area contributed by atoms with E-state index in [0.29, 0.717) is 24.6 Å². The van der Waals surface area contributed by atoms with Crippen LogP contribution in [-0.2, 0) is 16.8 Å². The fourth-order valence-electron chi connectivity index (χ4n) is 6.87. The van der Waals surface area contributed by atoms with E-state index >= 15 is 0 Å². The largest absolute Gasteiger partial charge is 1.00 e. The van der Waals surface area contributed by atoms with E-state index in [9.17, 15) is 5.26 Å². The molecule has 2 fully saturated rings. The first-order valence-electron chi connectivity index (χ1n) is 13.1. The van der Waals surface area contributed by atoms with Crippen LogP contribution in [0.3, 0.4) is 0 Å². The molecule has 0 N–H and O–H groups in total. The van der Waals surface area contributed by atoms with Crippen molar-refractivity contribution in [2.45, 2.75) is 56.2 Å². The third-order valence-electron chi connectivity index (χ3n) is 8.86. The van der Waals surface area contributed by atoms with Gasteiger partial charge >= 0.3 is 0 Å². The summed E-state index contributed by atoms with van der Waals surface area (Å²) in [6.07, 6.45) is 5.90. The average Bonchev–Trinajstić information content (AvgIpc) is 3.07. The zero-order chi connectivity index (χ0) is 24.1. The van der Waals surface area contributed by atoms with Crippen LogP contribution in [0.5, 0.6) is 0 Å². The van der Waals surface area contributed by atoms with E-state index in [-0.39, 0.29) is 17.0 Å². The SMILES string of the molecule is C[N+]1(CCOCc2ccccc2)[C@@H]2CC[C@H]1CC(CC(C#N)(c1ccccc1)c1ccccc1)C2.[Br-]. The first-order chi connectivity index (χ1) is 17.1. The minimum atomic E-state index is -0.591. The van der Waals surface area contributed by atoms with Gasteiger partial charge < -0.3 is 26.2 Å². The molecule has 5 rings (SSSR count). The van der Waals surface area contributed by atoms with Gasteiger partial charge in [-0.05, 0) is 29.0 Å². The van der Waals surface area contributed by atoms with Crippen molar-refractivity contribution in [2.24, 2.45) is 5.92 Å². The highest BCUT2D eigenvalue weighted by Gasteiger charge is 2.52. The molecule has 0 amide bonds. The summed E-state index contributed by atoms with van der Waals surface area (Å²) in [6.45, 7) is 2.58. The number of benzene rings is 3. The number of quaternary nitrogens is 1. The molecule has 2 aliphatic rings. The normalized spacial score (nSPS) is 25.1. The minimum absolute atomic E-state index is 0. The molecular formula is C32H37BrN2O. The summed E-state index contributed by atoms with van der Waals surface area (Å²) in [5.74, 6) is 0.559. The molecule has 188 valence electrons. The van der Waals surface area contributed by atoms with Crippen LogP contribution in [-0.4, -0.2) is 36.8 Å². The summed E-state index contributed by atoms with van der Waals surface area (Å²) >= 11 is 0. The molecule has 4 heteroatoms. The first kappa shape index (κ1) is 26.6. The molecule has 3 aromatic rings. The fraction of sp³-hybridized carbons (Fsp3) is 0.406. The molecule has 0 saturated carbocycles. The Hall–Kier alpha value is -2.45. The molecule has 36 heavy (non-hydrogen) atoms. The molecular weight excluding hydrogens is 508 g/mol. The molecule has 2 aliphatic heterocycles. The van der Waals surface area contributed by atoms with Gasteiger partial charge in [0, 0.05) is 25.7 Å². The minimum Gasteiger partial charge on any atom is -1.00 e. The van der Waals surface area contributed by atoms with E-state index in [2.05, 4.69) is 85.9 Å². The second-order valence-electron chi connectivity index (χ2n) is 10.8. The van der Waals surface area contributed by atoms with Gasteiger partial charge in [0.05, 0.1) is 38.4 Å². The third-order valence-corrected chi connectivity index (χ3v) is 8.86. The van der Waals surface area contributed by atoms with Crippen molar-refractivity contribution in [3.8, 4) is 6.07 Å². The number of hydrogen-bond donors (Lipinski definition) is 0. The van der Waals surface area contributed by atoms with Crippen molar-refractivity contribution in [1.82, 2.24) is 0 Å². The van der Waals surface area contributed by atoms with E-state index in [0.717, 1.165) is 35.2 Å². The van der Waals surface area contributed by atoms with Crippen LogP contribution in [0.15, 0.2) is 91.0 Å². The maximum absolute atomic E-state index is 10.6. The Balaban J connectivity index is 0.00000304. The standard InChI is InChI=1S/C32H37N2O.BrH/c1-34(19-20-35-24-26-11-5-2-6-12-26)30-17-18-31(34)22-27(21-30)23-32(25-33,28-13-7-3-8-14-28)29-15-9-4-10-16-29;/h2-16,27,30-31H,17-24H2,1H3;1H/q+1;/p-1/t27?,30-,31+,34?;. The lowest BCUT2D eigenvalue weighted by molar-refractivity contribution is -0.949. The van der Waals surface area contributed by atoms with Gasteiger partial charge in [0.1, 0.15) is 12.0 Å². The van der Waals surface area contributed by atoms with Gasteiger partial charge in [-0.2, -0.15) is 5.26 Å². The Bertz CT molecular complexity index is 1080. The van der Waals surface area contributed by atoms with Crippen molar-refractivity contribution < 1.29 is 26.2 Å². The van der Waals surface area contributed by atoms with Gasteiger partial charge in [0.15, 0.2) is 0 Å². The number of hydrogen-bond acceptors (Lipinski definition) is 2. The molecule has 2 saturated heterocycles. The second-order valence-corrected chi connectivity index (χ2v) is 10.8. The summed E-state index contributed by atoms with van der Waals surface area (Å²) < 4.78 is 7.23. The maximum Gasteiger partial charge on any atom is 0.107 e. The Morgan fingerprint density at radius 2 is 1.33 bits per heavy atom. The Labute approximate surface area is 227 Å². The van der Waals surface area contributed by atoms with Gasteiger partial charge in [0.2, 0.25) is 0 Å². The number of ether oxygens (including phenoxy) is 1. The highest BCUT2D eigenvalue weighted by molar-refractivity contribution is 5.46. The van der Waals surface area contributed by atoms with E-state index in [1.807, 2.05) is 18.2 Å². The number of piperidine rings is 1. The summed E-state index contributed by atoms with van der Waals surface area (Å²) in [5.41, 5.74) is 2.90. The Morgan fingerprint density at radius 3 is 1.83 bits per heavy atom. The van der Waals surface area contributed by atoms with Crippen LogP contribution in [0.25, 0.3) is 0 Å². The van der Waals surface area contributed by atoms with Crippen molar-refractivity contribution in [3.05, 3.63) is 108 Å². The van der Waals surface area contributed by atoms with Crippen LogP contribution in [0, 0.1) is 17.2 Å². The fourth-order valence-corrected chi connectivity index (χ4v) is 6.87. The topological polar surface area (TPSA) is 33.0 Å². The zero-order valence-electron chi connectivity index (χ0n) is 21.2. The molecule has 0 spiro atoms. The van der Waals surface area contributed by atoms with Crippen LogP contribution in [0.2, 0.25) is 0 Å². The zero-order valence-corrected chi connectivity index (χ0v) is 22.8. The molecule has 4 atom stereocenters. The number of rotatable bonds is 9. The van der Waals surface area contributed by atoms with Crippen LogP contribution >= 0.6 is 0 Å². The van der Waals surface area contributed by atoms with E-state index in [1.54, 1.807) is 0 Å². The number of nitriles is 1. The summed E-state index contributed by atoms with van der Waals surface area (Å²) in [4.78, 5) is 0. The lowest BCUT2D eigenvalue weighted by Gasteiger charge is -2.48. The Morgan fingerprint density at radius 1 is 0.833 bits per heavy atom. The highest BCUT2D eigenvalue weighted by atomic mass is 79.9. The number of fused-ring (bicyclic) bond motifs is 2. The van der Waals surface area contributed by atoms with Crippen molar-refractivity contribution in [1.29, 1.82) is 5.26 Å². The van der Waals surface area contributed by atoms with E-state index in [4.69, 9.17) is 4.74 Å². The molecule has 2 heterocycles. The predicted octanol–water partition coefficient (Wildman–Crippen LogP) is 3.49. The highest BCUT2D eigenvalue weighted by Crippen LogP contribution is 2.48. The molecule has 3 aromatic carbocycles. The maximum atomic E-state index is 10.6. The Kier molecular flexibility index (Phi) is 8.67. The van der Waals surface area contributed by atoms with Gasteiger partial charge in [-0.15, -0.1) is 0 Å². The average molecular weight is 546 g/mol. The summed E-state index contributed by atoms with van der Waals surface area (Å²) in [7, 11) is 2.45. The van der Waals surface area contributed by atoms with Gasteiger partial charge in [-0.25, -0.2) is 0 Å². The molecule has 0 aromatic heterocycles. The molecule has 3 nitrogen and oxygen atoms in total. The number of nitrogens with zero attached hydrogens (tertiary/aromatic N) is 2. The van der Waals surface area contributed by atoms with E-state index < -0.39 is 5.41 Å². The van der Waals surface area contributed by atoms with Crippen LogP contribution in [0.4, 0.5) is 0 Å². The number of likely N-dealkylation sites (N-methyl/N-ethyl adjacent to an activating group) is 1. The van der Waals surface area contributed by atoms with Crippen molar-refractivity contribution in [3.63, 3.8) is 0 Å². The smallest absolute Gasteiger partial charge is 0.107 e. The van der Waals surface area contributed by atoms with Crippen LogP contribution < -0.4 is 17.0 Å². The third kappa shape index (κ3) is 5.30. The summed E-state index contributed by atoms with van der Waals surface area (Å²) in [6, 6.07) is 35.5.